The molecular formula is C34H24Cl2CrN10NaO10S2. The van der Waals surface area contributed by atoms with Crippen LogP contribution in [0.2, 0.25) is 10.0 Å². The van der Waals surface area contributed by atoms with Crippen molar-refractivity contribution in [1.82, 2.24) is 19.6 Å². The molecule has 303 valence electrons. The first kappa shape index (κ1) is 49.3. The van der Waals surface area contributed by atoms with Crippen molar-refractivity contribution in [2.75, 3.05) is 0 Å². The predicted octanol–water partition coefficient (Wildman–Crippen LogP) is -0.330. The first-order chi connectivity index (χ1) is 27.1. The van der Waals surface area contributed by atoms with E-state index in [1.165, 1.54) is 13.8 Å². The maximum absolute atomic E-state index is 12.6. The summed E-state index contributed by atoms with van der Waals surface area (Å²) in [6, 6.07) is 18.7. The van der Waals surface area contributed by atoms with E-state index in [1.807, 2.05) is 0 Å². The van der Waals surface area contributed by atoms with E-state index in [2.05, 4.69) is 30.7 Å². The molecule has 0 bridgehead atoms. The molecule has 6 aromatic rings. The van der Waals surface area contributed by atoms with Crippen molar-refractivity contribution < 1.29 is 93.8 Å². The Balaban J connectivity index is 0.000000310. The van der Waals surface area contributed by atoms with Crippen LogP contribution in [0.1, 0.15) is 32.1 Å². The minimum absolute atomic E-state index is 0. The zero-order valence-electron chi connectivity index (χ0n) is 30.9. The third-order valence-electron chi connectivity index (χ3n) is 7.67. The van der Waals surface area contributed by atoms with Crippen LogP contribution in [0, 0.1) is 13.8 Å². The van der Waals surface area contributed by atoms with Gasteiger partial charge in [-0.1, -0.05) is 23.2 Å². The summed E-state index contributed by atoms with van der Waals surface area (Å²) in [5.41, 5.74) is -0.320. The first-order valence-electron chi connectivity index (χ1n) is 15.8. The number of carboxylic acids is 2. The number of hydrogen-bond acceptors (Lipinski definition) is 16. The Hall–Kier alpha value is -5.03. The predicted molar refractivity (Wildman–Crippen MR) is 198 cm³/mol. The van der Waals surface area contributed by atoms with Crippen molar-refractivity contribution in [2.45, 2.75) is 23.6 Å². The van der Waals surface area contributed by atoms with Crippen LogP contribution in [0.15, 0.2) is 115 Å². The molecule has 0 unspecified atom stereocenters. The average molecular weight is 943 g/mol. The van der Waals surface area contributed by atoms with Gasteiger partial charge in [-0.2, -0.15) is 10.2 Å². The van der Waals surface area contributed by atoms with Gasteiger partial charge in [0.1, 0.15) is 11.4 Å². The summed E-state index contributed by atoms with van der Waals surface area (Å²) < 4.78 is 47.8. The monoisotopic (exact) mass is 941 g/mol. The molecule has 0 atom stereocenters. The molecule has 4 aromatic carbocycles. The molecule has 4 N–H and O–H groups in total. The number of carbonyl (C=O) groups excluding carboxylic acids is 2. The van der Waals surface area contributed by atoms with Gasteiger partial charge in [0.25, 0.3) is 0 Å². The summed E-state index contributed by atoms with van der Waals surface area (Å²) in [5.74, 6) is -4.52. The summed E-state index contributed by atoms with van der Waals surface area (Å²) in [7, 11) is -8.25. The molecular weight excluding hydrogens is 918 g/mol. The molecule has 6 rings (SSSR count). The van der Waals surface area contributed by atoms with E-state index >= 15 is 0 Å². The van der Waals surface area contributed by atoms with Crippen LogP contribution in [0.25, 0.3) is 11.4 Å². The molecule has 26 heteroatoms. The van der Waals surface area contributed by atoms with Crippen molar-refractivity contribution >= 4 is 77.9 Å². The van der Waals surface area contributed by atoms with Gasteiger partial charge in [-0.3, -0.25) is 0 Å². The third-order valence-corrected chi connectivity index (χ3v) is 9.99. The standard InChI is InChI=1S/2C17H14ClN5O5S.Cr.Na/c2*1-9-15(16(24)23(22-9)11-4-2-10(18)3-5-11)21-20-14-7-6-12(29(19,27)28)8-13(14)17(25)26;;/h2*2-8,24H,1H3,(H,25,26)(H2,19,27,28);;/q;;+3;+1/p-4. The van der Waals surface area contributed by atoms with Gasteiger partial charge in [-0.05, 0) is 98.8 Å². The van der Waals surface area contributed by atoms with Crippen LogP contribution in [0.3, 0.4) is 0 Å². The maximum atomic E-state index is 12.6. The number of sulfonamides is 2. The molecule has 20 nitrogen and oxygen atoms in total. The molecule has 0 saturated heterocycles. The van der Waals surface area contributed by atoms with E-state index in [0.717, 1.165) is 45.8 Å². The number of nitrogens with zero attached hydrogens (tertiary/aromatic N) is 8. The Morgan fingerprint density at radius 2 is 0.917 bits per heavy atom. The normalized spacial score (nSPS) is 11.4. The van der Waals surface area contributed by atoms with E-state index in [0.29, 0.717) is 21.4 Å². The fourth-order valence-electron chi connectivity index (χ4n) is 4.83. The molecule has 0 amide bonds. The summed E-state index contributed by atoms with van der Waals surface area (Å²) in [6.45, 7) is 3.07. The molecule has 2 heterocycles. The Morgan fingerprint density at radius 1 is 0.600 bits per heavy atom. The number of aromatic carboxylic acids is 2. The summed E-state index contributed by atoms with van der Waals surface area (Å²) >= 11 is 11.7. The number of nitrogens with two attached hydrogens (primary N) is 2. The van der Waals surface area contributed by atoms with Gasteiger partial charge < -0.3 is 30.0 Å². The molecule has 0 fully saturated rings. The minimum atomic E-state index is -4.12. The maximum Gasteiger partial charge on any atom is 3.00 e. The minimum Gasteiger partial charge on any atom is -0.857 e. The number of rotatable bonds is 10. The molecule has 0 saturated carbocycles. The summed E-state index contributed by atoms with van der Waals surface area (Å²) in [4.78, 5) is 21.8. The SMILES string of the molecule is Cc1nn(-c2ccc(Cl)cc2)c([O-])c1N=Nc1ccc(S(N)(=O)=O)cc1C(=O)[O-].Cc1nn(-c2ccc(Cl)cc2)c([O-])c1N=Nc1ccc(S(N)(=O)=O)cc1C(=O)[O-].[Cr+3].[Na+]. The molecule has 0 aliphatic heterocycles. The van der Waals surface area contributed by atoms with Crippen LogP contribution in [0.5, 0.6) is 11.8 Å². The molecule has 0 spiro atoms. The molecule has 60 heavy (non-hydrogen) atoms. The van der Waals surface area contributed by atoms with Crippen molar-refractivity contribution in [1.29, 1.82) is 0 Å². The number of hydrogen-bond donors (Lipinski definition) is 2. The van der Waals surface area contributed by atoms with Crippen LogP contribution in [-0.4, -0.2) is 48.3 Å². The van der Waals surface area contributed by atoms with Gasteiger partial charge in [-0.15, -0.1) is 20.5 Å². The van der Waals surface area contributed by atoms with Crippen LogP contribution < -0.4 is 60.3 Å². The number of azo groups is 2. The van der Waals surface area contributed by atoms with Gasteiger partial charge in [0.05, 0.1) is 55.9 Å². The Bertz CT molecular complexity index is 2680. The van der Waals surface area contributed by atoms with Gasteiger partial charge in [-0.25, -0.2) is 36.5 Å². The second kappa shape index (κ2) is 20.0. The second-order valence-electron chi connectivity index (χ2n) is 11.7. The topological polar surface area (TPSA) is 332 Å². The Labute approximate surface area is 383 Å². The Kier molecular flexibility index (Phi) is 16.5. The number of primary sulfonamides is 2. The second-order valence-corrected chi connectivity index (χ2v) is 15.7. The first-order valence-corrected chi connectivity index (χ1v) is 19.7. The van der Waals surface area contributed by atoms with Crippen molar-refractivity contribution in [3.8, 4) is 23.1 Å². The number of halogens is 2. The molecule has 1 radical (unpaired) electrons. The molecule has 0 aliphatic rings. The third kappa shape index (κ3) is 11.6. The summed E-state index contributed by atoms with van der Waals surface area (Å²) in [5, 5.41) is 82.1. The van der Waals surface area contributed by atoms with Crippen LogP contribution in [-0.2, 0) is 37.4 Å². The Morgan fingerprint density at radius 3 is 1.20 bits per heavy atom. The molecule has 2 aromatic heterocycles. The van der Waals surface area contributed by atoms with Gasteiger partial charge in [0.2, 0.25) is 20.0 Å². The van der Waals surface area contributed by atoms with E-state index in [-0.39, 0.29) is 81.1 Å². The van der Waals surface area contributed by atoms with Gasteiger partial charge in [0.15, 0.2) is 0 Å². The number of benzene rings is 4. The molecule has 0 aliphatic carbocycles. The zero-order chi connectivity index (χ0) is 42.7. The van der Waals surface area contributed by atoms with Gasteiger partial charge in [0, 0.05) is 32.9 Å². The van der Waals surface area contributed by atoms with Crippen molar-refractivity contribution in [3.05, 3.63) is 117 Å². The number of aryl methyl sites for hydroxylation is 2. The van der Waals surface area contributed by atoms with E-state index in [4.69, 9.17) is 33.5 Å². The van der Waals surface area contributed by atoms with Gasteiger partial charge >= 0.3 is 46.9 Å². The fourth-order valence-corrected chi connectivity index (χ4v) is 6.17. The van der Waals surface area contributed by atoms with Crippen LogP contribution >= 0.6 is 23.2 Å². The number of carbonyl (C=O) groups is 2. The van der Waals surface area contributed by atoms with Crippen molar-refractivity contribution in [3.63, 3.8) is 0 Å². The average Bonchev–Trinajstić information content (AvgIpc) is 3.61. The van der Waals surface area contributed by atoms with E-state index in [1.54, 1.807) is 48.5 Å². The van der Waals surface area contributed by atoms with E-state index in [9.17, 15) is 46.9 Å². The van der Waals surface area contributed by atoms with Crippen molar-refractivity contribution in [2.24, 2.45) is 30.7 Å². The number of aromatic nitrogens is 4. The zero-order valence-corrected chi connectivity index (χ0v) is 37.3. The summed E-state index contributed by atoms with van der Waals surface area (Å²) in [6.07, 6.45) is 0. The van der Waals surface area contributed by atoms with Crippen LogP contribution in [0.4, 0.5) is 22.7 Å². The quantitative estimate of drug-likeness (QED) is 0.132. The van der Waals surface area contributed by atoms with E-state index < -0.39 is 64.7 Å². The number of carboxylic acid groups (broad SMARTS) is 2. The smallest absolute Gasteiger partial charge is 0.857 e. The fraction of sp³-hybridized carbons (Fsp3) is 0.0588. The largest absolute Gasteiger partial charge is 3.00 e.